The first kappa shape index (κ1) is 19.2. The monoisotopic (exact) mass is 385 g/mol. The number of benzene rings is 2. The van der Waals surface area contributed by atoms with Crippen molar-refractivity contribution in [2.75, 3.05) is 36.7 Å². The average Bonchev–Trinajstić information content (AvgIpc) is 2.69. The van der Waals surface area contributed by atoms with Crippen molar-refractivity contribution in [1.82, 2.24) is 9.97 Å². The normalized spacial score (nSPS) is 10.5. The predicted molar refractivity (Wildman–Crippen MR) is 105 cm³/mol. The maximum Gasteiger partial charge on any atom is 0.229 e. The molecule has 0 saturated heterocycles. The maximum absolute atomic E-state index is 14.1. The van der Waals surface area contributed by atoms with Crippen LogP contribution in [-0.2, 0) is 4.74 Å². The number of nitrogens with zero attached hydrogens (tertiary/aromatic N) is 2. The lowest BCUT2D eigenvalue weighted by molar-refractivity contribution is 0.146. The predicted octanol–water partition coefficient (Wildman–Crippen LogP) is 3.42. The molecule has 2 aromatic carbocycles. The van der Waals surface area contributed by atoms with Crippen LogP contribution in [0.1, 0.15) is 0 Å². The first-order chi connectivity index (χ1) is 13.5. The number of aromatic hydroxyl groups is 1. The maximum atomic E-state index is 14.1. The fourth-order valence-electron chi connectivity index (χ4n) is 2.30. The van der Waals surface area contributed by atoms with Crippen molar-refractivity contribution in [3.63, 3.8) is 0 Å². The first-order valence-electron chi connectivity index (χ1n) is 8.42. The molecule has 0 saturated carbocycles. The number of hydrogen-bond donors (Lipinski definition) is 4. The minimum Gasteiger partial charge on any atom is -0.506 e. The zero-order valence-electron chi connectivity index (χ0n) is 15.1. The summed E-state index contributed by atoms with van der Waals surface area (Å²) in [4.78, 5) is 8.04. The number of phenols is 1. The number of aromatic nitrogens is 2. The Bertz CT molecular complexity index is 937. The molecule has 0 aliphatic carbocycles. The van der Waals surface area contributed by atoms with E-state index in [4.69, 9.17) is 15.2 Å². The number of nitrogen functional groups attached to an aromatic ring is 1. The third-order valence-corrected chi connectivity index (χ3v) is 3.68. The molecule has 0 amide bonds. The van der Waals surface area contributed by atoms with Crippen molar-refractivity contribution < 1.29 is 19.0 Å². The summed E-state index contributed by atoms with van der Waals surface area (Å²) in [7, 11) is 1.61. The molecule has 1 aromatic heterocycles. The summed E-state index contributed by atoms with van der Waals surface area (Å²) in [5.74, 6) is 0.0282. The topological polar surface area (TPSA) is 115 Å². The Morgan fingerprint density at radius 1 is 1.11 bits per heavy atom. The highest BCUT2D eigenvalue weighted by molar-refractivity contribution is 5.69. The highest BCUT2D eigenvalue weighted by Crippen LogP contribution is 2.29. The SMILES string of the molecule is COCCOc1ccc(Nc2ncc(F)c(Nc3cc(N)ccc3O)n2)cc1. The minimum absolute atomic E-state index is 0.0780. The molecular formula is C19H20FN5O3. The second-order valence-corrected chi connectivity index (χ2v) is 5.78. The molecule has 0 unspecified atom stereocenters. The van der Waals surface area contributed by atoms with Gasteiger partial charge in [0, 0.05) is 18.5 Å². The molecule has 5 N–H and O–H groups in total. The van der Waals surface area contributed by atoms with Crippen LogP contribution in [0.5, 0.6) is 11.5 Å². The Morgan fingerprint density at radius 3 is 2.64 bits per heavy atom. The van der Waals surface area contributed by atoms with E-state index in [0.29, 0.717) is 30.3 Å². The van der Waals surface area contributed by atoms with E-state index in [1.54, 1.807) is 31.4 Å². The van der Waals surface area contributed by atoms with E-state index in [1.165, 1.54) is 18.2 Å². The molecule has 0 aliphatic heterocycles. The van der Waals surface area contributed by atoms with Crippen LogP contribution in [-0.4, -0.2) is 35.4 Å². The van der Waals surface area contributed by atoms with Gasteiger partial charge in [-0.2, -0.15) is 4.98 Å². The standard InChI is InChI=1S/C19H20FN5O3/c1-27-8-9-28-14-5-3-13(4-6-14)23-19-22-11-15(20)18(25-19)24-16-10-12(21)2-7-17(16)26/h2-7,10-11,26H,8-9,21H2,1H3,(H2,22,23,24,25). The van der Waals surface area contributed by atoms with E-state index in [0.717, 1.165) is 6.20 Å². The molecule has 9 heteroatoms. The Hall–Kier alpha value is -3.59. The summed E-state index contributed by atoms with van der Waals surface area (Å²) in [6.07, 6.45) is 1.03. The minimum atomic E-state index is -0.672. The Kier molecular flexibility index (Phi) is 6.07. The summed E-state index contributed by atoms with van der Waals surface area (Å²) in [5.41, 5.74) is 7.05. The van der Waals surface area contributed by atoms with Gasteiger partial charge >= 0.3 is 0 Å². The van der Waals surface area contributed by atoms with Gasteiger partial charge in [-0.3, -0.25) is 0 Å². The highest BCUT2D eigenvalue weighted by Gasteiger charge is 2.10. The van der Waals surface area contributed by atoms with Crippen molar-refractivity contribution in [2.24, 2.45) is 0 Å². The molecule has 0 atom stereocenters. The van der Waals surface area contributed by atoms with Crippen molar-refractivity contribution in [3.05, 3.63) is 54.5 Å². The molecule has 8 nitrogen and oxygen atoms in total. The second-order valence-electron chi connectivity index (χ2n) is 5.78. The number of nitrogens with one attached hydrogen (secondary N) is 2. The number of hydrogen-bond acceptors (Lipinski definition) is 8. The summed E-state index contributed by atoms with van der Waals surface area (Å²) < 4.78 is 24.5. The summed E-state index contributed by atoms with van der Waals surface area (Å²) in [6, 6.07) is 11.6. The molecule has 28 heavy (non-hydrogen) atoms. The number of phenolic OH excluding ortho intramolecular Hbond substituents is 1. The Morgan fingerprint density at radius 2 is 1.89 bits per heavy atom. The molecule has 0 fully saturated rings. The van der Waals surface area contributed by atoms with Gasteiger partial charge in [0.2, 0.25) is 5.95 Å². The van der Waals surface area contributed by atoms with Crippen molar-refractivity contribution in [1.29, 1.82) is 0 Å². The van der Waals surface area contributed by atoms with Gasteiger partial charge in [-0.05, 0) is 42.5 Å². The van der Waals surface area contributed by atoms with E-state index in [-0.39, 0.29) is 23.2 Å². The number of rotatable bonds is 8. The number of anilines is 5. The van der Waals surface area contributed by atoms with Crippen LogP contribution in [0.2, 0.25) is 0 Å². The number of ether oxygens (including phenoxy) is 2. The van der Waals surface area contributed by atoms with Crippen LogP contribution in [0.3, 0.4) is 0 Å². The van der Waals surface area contributed by atoms with Gasteiger partial charge < -0.3 is 30.9 Å². The lowest BCUT2D eigenvalue weighted by Gasteiger charge is -2.11. The van der Waals surface area contributed by atoms with Crippen LogP contribution in [0.15, 0.2) is 48.7 Å². The molecule has 0 aliphatic rings. The van der Waals surface area contributed by atoms with Gasteiger partial charge in [-0.1, -0.05) is 0 Å². The lowest BCUT2D eigenvalue weighted by Crippen LogP contribution is -2.05. The molecule has 0 spiro atoms. The van der Waals surface area contributed by atoms with Crippen LogP contribution in [0.25, 0.3) is 0 Å². The Labute approximate surface area is 161 Å². The van der Waals surface area contributed by atoms with E-state index >= 15 is 0 Å². The van der Waals surface area contributed by atoms with Crippen LogP contribution >= 0.6 is 0 Å². The molecule has 3 aromatic rings. The number of nitrogens with two attached hydrogens (primary N) is 1. The smallest absolute Gasteiger partial charge is 0.229 e. The van der Waals surface area contributed by atoms with Gasteiger partial charge in [0.1, 0.15) is 18.1 Å². The van der Waals surface area contributed by atoms with E-state index < -0.39 is 5.82 Å². The van der Waals surface area contributed by atoms with Crippen LogP contribution < -0.4 is 21.1 Å². The number of methoxy groups -OCH3 is 1. The molecule has 146 valence electrons. The van der Waals surface area contributed by atoms with Gasteiger partial charge in [0.05, 0.1) is 18.5 Å². The van der Waals surface area contributed by atoms with Gasteiger partial charge in [-0.15, -0.1) is 0 Å². The molecule has 1 heterocycles. The summed E-state index contributed by atoms with van der Waals surface area (Å²) >= 11 is 0. The third kappa shape index (κ3) is 4.98. The fraction of sp³-hybridized carbons (Fsp3) is 0.158. The Balaban J connectivity index is 1.71. The van der Waals surface area contributed by atoms with Crippen LogP contribution in [0, 0.1) is 5.82 Å². The van der Waals surface area contributed by atoms with E-state index in [9.17, 15) is 9.50 Å². The quantitative estimate of drug-likeness (QED) is 0.202. The molecular weight excluding hydrogens is 365 g/mol. The fourth-order valence-corrected chi connectivity index (χ4v) is 2.30. The van der Waals surface area contributed by atoms with E-state index in [1.807, 2.05) is 0 Å². The first-order valence-corrected chi connectivity index (χ1v) is 8.42. The van der Waals surface area contributed by atoms with Crippen molar-refractivity contribution >= 4 is 28.8 Å². The molecule has 3 rings (SSSR count). The van der Waals surface area contributed by atoms with Gasteiger partial charge in [0.25, 0.3) is 0 Å². The van der Waals surface area contributed by atoms with Gasteiger partial charge in [-0.25, -0.2) is 9.37 Å². The summed E-state index contributed by atoms with van der Waals surface area (Å²) in [6.45, 7) is 0.956. The lowest BCUT2D eigenvalue weighted by atomic mass is 10.2. The highest BCUT2D eigenvalue weighted by atomic mass is 19.1. The van der Waals surface area contributed by atoms with Crippen molar-refractivity contribution in [2.45, 2.75) is 0 Å². The zero-order valence-corrected chi connectivity index (χ0v) is 15.1. The van der Waals surface area contributed by atoms with Gasteiger partial charge in [0.15, 0.2) is 11.6 Å². The zero-order chi connectivity index (χ0) is 19.9. The van der Waals surface area contributed by atoms with E-state index in [2.05, 4.69) is 20.6 Å². The average molecular weight is 385 g/mol. The number of halogens is 1. The summed E-state index contributed by atoms with van der Waals surface area (Å²) in [5, 5.41) is 15.6. The van der Waals surface area contributed by atoms with Crippen molar-refractivity contribution in [3.8, 4) is 11.5 Å². The molecule has 0 bridgehead atoms. The largest absolute Gasteiger partial charge is 0.506 e. The molecule has 0 radical (unpaired) electrons. The third-order valence-electron chi connectivity index (χ3n) is 3.68. The van der Waals surface area contributed by atoms with Crippen LogP contribution in [0.4, 0.5) is 33.2 Å². The second kappa shape index (κ2) is 8.87.